The van der Waals surface area contributed by atoms with Crippen LogP contribution in [0.4, 0.5) is 4.79 Å². The average Bonchev–Trinajstić information content (AvgIpc) is 3.19. The molecule has 1 unspecified atom stereocenters. The minimum Gasteiger partial charge on any atom is -0.363 e. The number of nitrogens with zero attached hydrogens (tertiary/aromatic N) is 1. The Morgan fingerprint density at radius 3 is 2.26 bits per heavy atom. The first kappa shape index (κ1) is 17.1. The first-order valence-electron chi connectivity index (χ1n) is 18.7. The molecule has 1 aliphatic heterocycles. The van der Waals surface area contributed by atoms with Gasteiger partial charge in [-0.2, -0.15) is 0 Å². The van der Waals surface area contributed by atoms with E-state index in [0.29, 0.717) is 6.42 Å². The smallest absolute Gasteiger partial charge is 0.315 e. The van der Waals surface area contributed by atoms with Crippen molar-refractivity contribution < 1.29 is 40.4 Å². The third kappa shape index (κ3) is 6.86. The lowest BCUT2D eigenvalue weighted by Crippen LogP contribution is -2.60. The number of hydrogen-bond acceptors (Lipinski definition) is 5. The van der Waals surface area contributed by atoms with Gasteiger partial charge in [-0.3, -0.25) is 19.2 Å². The third-order valence-electron chi connectivity index (χ3n) is 7.63. The van der Waals surface area contributed by atoms with Crippen LogP contribution in [0.15, 0.2) is 0 Å². The van der Waals surface area contributed by atoms with Crippen LogP contribution < -0.4 is 21.7 Å². The molecule has 3 aliphatic rings. The number of urea groups is 1. The number of fused-ring (bicyclic) bond motifs is 1. The summed E-state index contributed by atoms with van der Waals surface area (Å²) in [5.74, 6) is -7.05. The minimum absolute atomic E-state index is 0.0629. The Morgan fingerprint density at radius 1 is 1.13 bits per heavy atom. The molecular formula is C28H47N5O5. The first-order valence-corrected chi connectivity index (χ1v) is 12.7. The predicted octanol–water partition coefficient (Wildman–Crippen LogP) is 2.10. The number of piperidine rings is 1. The molecule has 0 aromatic rings. The van der Waals surface area contributed by atoms with E-state index in [9.17, 15) is 24.0 Å². The van der Waals surface area contributed by atoms with Crippen LogP contribution in [0.1, 0.15) is 104 Å². The number of Topliss-reactive ketones (excluding diaryl/α,β-unsaturated/α-hetero) is 1. The minimum atomic E-state index is -3.77. The van der Waals surface area contributed by atoms with Gasteiger partial charge in [0.05, 0.1) is 7.39 Å². The van der Waals surface area contributed by atoms with E-state index in [-0.39, 0.29) is 31.7 Å². The van der Waals surface area contributed by atoms with Crippen molar-refractivity contribution in [3.63, 3.8) is 0 Å². The lowest BCUT2D eigenvalue weighted by Gasteiger charge is -2.36. The maximum Gasteiger partial charge on any atom is 0.315 e. The number of nitrogens with two attached hydrogens (primary N) is 1. The highest BCUT2D eigenvalue weighted by Gasteiger charge is 2.69. The number of carbonyl (C=O) groups is 5. The molecule has 3 fully saturated rings. The summed E-state index contributed by atoms with van der Waals surface area (Å²) in [5.41, 5.74) is 0.171. The van der Waals surface area contributed by atoms with Crippen LogP contribution >= 0.6 is 0 Å². The van der Waals surface area contributed by atoms with Gasteiger partial charge < -0.3 is 26.6 Å². The summed E-state index contributed by atoms with van der Waals surface area (Å²) in [5, 5.41) is 5.98. The van der Waals surface area contributed by atoms with Gasteiger partial charge in [0.1, 0.15) is 12.1 Å². The third-order valence-corrected chi connectivity index (χ3v) is 7.63. The van der Waals surface area contributed by atoms with E-state index in [4.69, 9.17) is 22.2 Å². The molecular weight excluding hydrogens is 486 g/mol. The summed E-state index contributed by atoms with van der Waals surface area (Å²) in [6.07, 6.45) is -1.72. The summed E-state index contributed by atoms with van der Waals surface area (Å²) >= 11 is 0. The van der Waals surface area contributed by atoms with Crippen molar-refractivity contribution in [2.24, 2.45) is 34.3 Å². The molecule has 38 heavy (non-hydrogen) atoms. The molecule has 0 bridgehead atoms. The number of amides is 5. The molecule has 5 amide bonds. The fraction of sp³-hybridized carbons (Fsp3) is 0.821. The molecule has 2 aliphatic carbocycles. The van der Waals surface area contributed by atoms with Gasteiger partial charge in [-0.25, -0.2) is 4.79 Å². The number of hydrogen-bond donors (Lipinski definition) is 4. The highest BCUT2D eigenvalue weighted by atomic mass is 16.2. The molecule has 1 heterocycles. The highest BCUT2D eigenvalue weighted by Crippen LogP contribution is 2.65. The zero-order valence-corrected chi connectivity index (χ0v) is 22.5. The molecule has 5 N–H and O–H groups in total. The molecule has 2 saturated carbocycles. The molecule has 1 saturated heterocycles. The second kappa shape index (κ2) is 10.5. The maximum atomic E-state index is 14.3. The fourth-order valence-electron chi connectivity index (χ4n) is 5.43. The van der Waals surface area contributed by atoms with Crippen molar-refractivity contribution in [1.82, 2.24) is 20.9 Å². The van der Waals surface area contributed by atoms with E-state index in [1.165, 1.54) is 0 Å². The topological polar surface area (TPSA) is 151 Å². The largest absolute Gasteiger partial charge is 0.363 e. The second-order valence-corrected chi connectivity index (χ2v) is 12.4. The molecule has 5 atom stereocenters. The van der Waals surface area contributed by atoms with Gasteiger partial charge in [0.25, 0.3) is 5.91 Å². The Labute approximate surface area is 243 Å². The van der Waals surface area contributed by atoms with Crippen LogP contribution in [0, 0.1) is 28.6 Å². The van der Waals surface area contributed by atoms with E-state index < -0.39 is 103 Å². The van der Waals surface area contributed by atoms with Crippen LogP contribution in [0.25, 0.3) is 0 Å². The van der Waals surface area contributed by atoms with Gasteiger partial charge >= 0.3 is 6.03 Å². The summed E-state index contributed by atoms with van der Waals surface area (Å²) < 4.78 is 96.3. The second-order valence-electron chi connectivity index (χ2n) is 12.4. The van der Waals surface area contributed by atoms with Gasteiger partial charge in [0, 0.05) is 27.2 Å². The van der Waals surface area contributed by atoms with Crippen molar-refractivity contribution in [2.45, 2.75) is 111 Å². The van der Waals surface area contributed by atoms with Crippen molar-refractivity contribution in [3.05, 3.63) is 0 Å². The summed E-state index contributed by atoms with van der Waals surface area (Å²) in [4.78, 5) is 67.8. The predicted molar refractivity (Wildman–Crippen MR) is 144 cm³/mol. The van der Waals surface area contributed by atoms with Crippen molar-refractivity contribution >= 4 is 29.5 Å². The van der Waals surface area contributed by atoms with Gasteiger partial charge in [-0.1, -0.05) is 53.9 Å². The molecule has 0 spiro atoms. The maximum absolute atomic E-state index is 14.3. The lowest BCUT2D eigenvalue weighted by molar-refractivity contribution is -0.144. The van der Waals surface area contributed by atoms with E-state index in [1.54, 1.807) is 26.1 Å². The molecule has 0 radical (unpaired) electrons. The summed E-state index contributed by atoms with van der Waals surface area (Å²) in [6.45, 7) is -2.69. The SMILES string of the molecule is [2H]C([2H])([2H])C(NC(=O)N[C@@H](CC(C)(C)C)C(=O)N1C[C@H]2[C@@H]([C@H]1C(=O)NC([2H])(C(=O)C(N)=O)C([2H])([2H])C1CCC1)C2(C)C)(C([2H])([2H])[2H])C([2H])([2H])[2H]. The Hall–Kier alpha value is -2.65. The van der Waals surface area contributed by atoms with Gasteiger partial charge in [-0.15, -0.1) is 0 Å². The average molecular weight is 546 g/mol. The number of primary amides is 1. The Morgan fingerprint density at radius 2 is 1.76 bits per heavy atom. The van der Waals surface area contributed by atoms with Gasteiger partial charge in [-0.05, 0) is 61.9 Å². The van der Waals surface area contributed by atoms with Crippen molar-refractivity contribution in [1.29, 1.82) is 0 Å². The zero-order chi connectivity index (χ0) is 39.0. The van der Waals surface area contributed by atoms with Crippen LogP contribution in [0.3, 0.4) is 0 Å². The van der Waals surface area contributed by atoms with Gasteiger partial charge in [0.2, 0.25) is 17.6 Å². The van der Waals surface area contributed by atoms with Crippen LogP contribution in [0.5, 0.6) is 0 Å². The van der Waals surface area contributed by atoms with Crippen LogP contribution in [-0.2, 0) is 19.2 Å². The Bertz CT molecular complexity index is 1370. The summed E-state index contributed by atoms with van der Waals surface area (Å²) in [6, 6.07) is -7.74. The van der Waals surface area contributed by atoms with Gasteiger partial charge in [0.15, 0.2) is 0 Å². The number of nitrogens with one attached hydrogen (secondary N) is 3. The van der Waals surface area contributed by atoms with Crippen molar-refractivity contribution in [3.8, 4) is 0 Å². The Balaban J connectivity index is 2.02. The van der Waals surface area contributed by atoms with E-state index in [2.05, 4.69) is 10.6 Å². The van der Waals surface area contributed by atoms with E-state index in [1.807, 2.05) is 13.8 Å². The highest BCUT2D eigenvalue weighted by molar-refractivity contribution is 6.37. The van der Waals surface area contributed by atoms with E-state index >= 15 is 0 Å². The van der Waals surface area contributed by atoms with E-state index in [0.717, 1.165) is 4.90 Å². The molecule has 0 aromatic heterocycles. The monoisotopic (exact) mass is 545 g/mol. The molecule has 3 rings (SSSR count). The number of carbonyl (C=O) groups excluding carboxylic acids is 5. The van der Waals surface area contributed by atoms with Crippen LogP contribution in [0.2, 0.25) is 0 Å². The molecule has 10 nitrogen and oxygen atoms in total. The zero-order valence-electron chi connectivity index (χ0n) is 34.5. The first-order chi connectivity index (χ1) is 22.2. The Kier molecular flexibility index (Phi) is 4.73. The van der Waals surface area contributed by atoms with Crippen molar-refractivity contribution in [2.75, 3.05) is 6.54 Å². The fourth-order valence-corrected chi connectivity index (χ4v) is 5.43. The summed E-state index contributed by atoms with van der Waals surface area (Å²) in [7, 11) is 0. The van der Waals surface area contributed by atoms with Crippen LogP contribution in [-0.4, -0.2) is 64.6 Å². The lowest BCUT2D eigenvalue weighted by atomic mass is 9.80. The molecule has 0 aromatic carbocycles. The number of rotatable bonds is 9. The molecule has 214 valence electrons. The number of likely N-dealkylation sites (tertiary alicyclic amines) is 1. The standard InChI is InChI=1S/C28H47N5O5/c1-26(2,3)13-18(31-25(38)32-27(4,5)6)24(37)33-14-16-19(28(16,7)8)20(33)23(36)30-17(21(34)22(29)35)12-15-10-9-11-15/h15-20H,9-14H2,1-8H3,(H2,29,35)(H,30,36)(H2,31,32,38)/t16-,17?,18-,19-,20-/m0/s1/i4D3,5D3,6D3,12D2,17D. The molecule has 10 heteroatoms. The quantitative estimate of drug-likeness (QED) is 0.327. The normalized spacial score (nSPS) is 32.8. The number of ketones is 1.